The number of carbonyl (C=O) groups is 1. The van der Waals surface area contributed by atoms with Gasteiger partial charge in [-0.1, -0.05) is 19.8 Å². The second kappa shape index (κ2) is 5.44. The van der Waals surface area contributed by atoms with Gasteiger partial charge < -0.3 is 16.2 Å². The Kier molecular flexibility index (Phi) is 4.04. The van der Waals surface area contributed by atoms with Gasteiger partial charge >= 0.3 is 0 Å². The van der Waals surface area contributed by atoms with E-state index < -0.39 is 5.60 Å². The number of rotatable bonds is 3. The van der Waals surface area contributed by atoms with Crippen LogP contribution in [0.15, 0.2) is 0 Å². The first-order chi connectivity index (χ1) is 9.32. The van der Waals surface area contributed by atoms with Crippen molar-refractivity contribution in [1.82, 2.24) is 15.1 Å². The van der Waals surface area contributed by atoms with Crippen LogP contribution in [0.4, 0.5) is 5.69 Å². The van der Waals surface area contributed by atoms with Crippen molar-refractivity contribution in [3.8, 4) is 0 Å². The summed E-state index contributed by atoms with van der Waals surface area (Å²) in [5, 5.41) is 17.4. The average Bonchev–Trinajstić information content (AvgIpc) is 2.60. The summed E-state index contributed by atoms with van der Waals surface area (Å²) >= 11 is 0. The average molecular weight is 280 g/mol. The normalized spacial score (nSPS) is 26.5. The molecule has 1 heterocycles. The molecule has 0 saturated heterocycles. The number of nitrogens with one attached hydrogen (secondary N) is 1. The highest BCUT2D eigenvalue weighted by atomic mass is 16.3. The molecule has 1 aliphatic rings. The van der Waals surface area contributed by atoms with Gasteiger partial charge in [-0.2, -0.15) is 5.10 Å². The Balaban J connectivity index is 2.02. The fourth-order valence-corrected chi connectivity index (χ4v) is 3.07. The van der Waals surface area contributed by atoms with Crippen LogP contribution in [0.5, 0.6) is 0 Å². The molecule has 0 aromatic carbocycles. The number of aryl methyl sites for hydroxylation is 2. The Bertz CT molecular complexity index is 512. The van der Waals surface area contributed by atoms with Crippen LogP contribution in [0.2, 0.25) is 0 Å². The van der Waals surface area contributed by atoms with E-state index in [9.17, 15) is 9.90 Å². The lowest BCUT2D eigenvalue weighted by atomic mass is 9.79. The summed E-state index contributed by atoms with van der Waals surface area (Å²) in [5.74, 6) is 0.215. The third-order valence-electron chi connectivity index (χ3n) is 4.13. The smallest absolute Gasteiger partial charge is 0.271 e. The van der Waals surface area contributed by atoms with Gasteiger partial charge in [0.15, 0.2) is 0 Å². The van der Waals surface area contributed by atoms with E-state index in [-0.39, 0.29) is 12.5 Å². The summed E-state index contributed by atoms with van der Waals surface area (Å²) in [6.07, 6.45) is 3.61. The number of nitrogen functional groups attached to an aromatic ring is 1. The lowest BCUT2D eigenvalue weighted by Gasteiger charge is -2.35. The minimum atomic E-state index is -0.796. The molecule has 2 unspecified atom stereocenters. The van der Waals surface area contributed by atoms with E-state index in [0.717, 1.165) is 25.7 Å². The van der Waals surface area contributed by atoms with Crippen molar-refractivity contribution in [2.24, 2.45) is 13.0 Å². The third-order valence-corrected chi connectivity index (χ3v) is 4.13. The van der Waals surface area contributed by atoms with E-state index in [4.69, 9.17) is 5.73 Å². The van der Waals surface area contributed by atoms with Crippen molar-refractivity contribution >= 4 is 11.6 Å². The van der Waals surface area contributed by atoms with E-state index >= 15 is 0 Å². The van der Waals surface area contributed by atoms with E-state index in [0.29, 0.717) is 23.0 Å². The maximum atomic E-state index is 12.2. The van der Waals surface area contributed by atoms with Gasteiger partial charge in [0.25, 0.3) is 5.91 Å². The molecule has 2 rings (SSSR count). The minimum Gasteiger partial charge on any atom is -0.395 e. The van der Waals surface area contributed by atoms with Gasteiger partial charge in [-0.25, -0.2) is 0 Å². The standard InChI is InChI=1S/C14H24N4O2/c1-9-5-4-6-14(20,7-9)8-16-13(19)12-11(15)10(2)17-18(12)3/h9,20H,4-8,15H2,1-3H3,(H,16,19). The molecule has 1 aromatic rings. The molecular formula is C14H24N4O2. The minimum absolute atomic E-state index is 0.264. The van der Waals surface area contributed by atoms with E-state index in [1.807, 2.05) is 0 Å². The Labute approximate surface area is 119 Å². The van der Waals surface area contributed by atoms with Gasteiger partial charge in [-0.3, -0.25) is 9.48 Å². The number of aliphatic hydroxyl groups is 1. The topological polar surface area (TPSA) is 93.2 Å². The fourth-order valence-electron chi connectivity index (χ4n) is 3.07. The Morgan fingerprint density at radius 3 is 2.90 bits per heavy atom. The second-order valence-corrected chi connectivity index (χ2v) is 6.08. The molecule has 6 nitrogen and oxygen atoms in total. The largest absolute Gasteiger partial charge is 0.395 e. The molecule has 0 aliphatic heterocycles. The van der Waals surface area contributed by atoms with Crippen LogP contribution in [0, 0.1) is 12.8 Å². The Morgan fingerprint density at radius 2 is 2.35 bits per heavy atom. The number of nitrogens with two attached hydrogens (primary N) is 1. The molecule has 1 saturated carbocycles. The maximum Gasteiger partial charge on any atom is 0.271 e. The van der Waals surface area contributed by atoms with Crippen LogP contribution >= 0.6 is 0 Å². The van der Waals surface area contributed by atoms with Crippen molar-refractivity contribution in [2.75, 3.05) is 12.3 Å². The van der Waals surface area contributed by atoms with Crippen LogP contribution in [0.25, 0.3) is 0 Å². The number of hydrogen-bond acceptors (Lipinski definition) is 4. The van der Waals surface area contributed by atoms with Gasteiger partial charge in [-0.05, 0) is 25.7 Å². The summed E-state index contributed by atoms with van der Waals surface area (Å²) in [4.78, 5) is 12.2. The summed E-state index contributed by atoms with van der Waals surface area (Å²) in [7, 11) is 1.69. The number of anilines is 1. The van der Waals surface area contributed by atoms with Gasteiger partial charge in [-0.15, -0.1) is 0 Å². The van der Waals surface area contributed by atoms with Crippen LogP contribution in [-0.2, 0) is 7.05 Å². The van der Waals surface area contributed by atoms with Gasteiger partial charge in [0, 0.05) is 13.6 Å². The summed E-state index contributed by atoms with van der Waals surface area (Å²) in [5.41, 5.74) is 6.46. The molecular weight excluding hydrogens is 256 g/mol. The third kappa shape index (κ3) is 2.95. The highest BCUT2D eigenvalue weighted by molar-refractivity contribution is 5.97. The first-order valence-electron chi connectivity index (χ1n) is 7.12. The maximum absolute atomic E-state index is 12.2. The Morgan fingerprint density at radius 1 is 1.65 bits per heavy atom. The lowest BCUT2D eigenvalue weighted by Crippen LogP contribution is -2.46. The Hall–Kier alpha value is -1.56. The number of aromatic nitrogens is 2. The van der Waals surface area contributed by atoms with Crippen molar-refractivity contribution < 1.29 is 9.90 Å². The monoisotopic (exact) mass is 280 g/mol. The van der Waals surface area contributed by atoms with E-state index in [1.165, 1.54) is 4.68 Å². The van der Waals surface area contributed by atoms with Crippen LogP contribution in [0.1, 0.15) is 48.8 Å². The van der Waals surface area contributed by atoms with Crippen LogP contribution < -0.4 is 11.1 Å². The highest BCUT2D eigenvalue weighted by Gasteiger charge is 2.33. The second-order valence-electron chi connectivity index (χ2n) is 6.08. The molecule has 1 aliphatic carbocycles. The molecule has 1 aromatic heterocycles. The van der Waals surface area contributed by atoms with Crippen molar-refractivity contribution in [1.29, 1.82) is 0 Å². The molecule has 4 N–H and O–H groups in total. The molecule has 6 heteroatoms. The summed E-state index contributed by atoms with van der Waals surface area (Å²) in [6, 6.07) is 0. The van der Waals surface area contributed by atoms with Crippen molar-refractivity contribution in [3.63, 3.8) is 0 Å². The molecule has 1 fully saturated rings. The number of hydrogen-bond donors (Lipinski definition) is 3. The molecule has 2 atom stereocenters. The van der Waals surface area contributed by atoms with Crippen molar-refractivity contribution in [2.45, 2.75) is 45.1 Å². The molecule has 112 valence electrons. The number of carbonyl (C=O) groups excluding carboxylic acids is 1. The zero-order valence-electron chi connectivity index (χ0n) is 12.4. The predicted octanol–water partition coefficient (Wildman–Crippen LogP) is 0.982. The highest BCUT2D eigenvalue weighted by Crippen LogP contribution is 2.31. The zero-order chi connectivity index (χ0) is 14.9. The predicted molar refractivity (Wildman–Crippen MR) is 77.3 cm³/mol. The molecule has 0 radical (unpaired) electrons. The first kappa shape index (κ1) is 14.8. The molecule has 0 bridgehead atoms. The summed E-state index contributed by atoms with van der Waals surface area (Å²) in [6.45, 7) is 4.16. The van der Waals surface area contributed by atoms with Crippen LogP contribution in [0.3, 0.4) is 0 Å². The molecule has 0 spiro atoms. The van der Waals surface area contributed by atoms with Gasteiger partial charge in [0.05, 0.1) is 17.0 Å². The molecule has 20 heavy (non-hydrogen) atoms. The number of amides is 1. The fraction of sp³-hybridized carbons (Fsp3) is 0.714. The van der Waals surface area contributed by atoms with Crippen molar-refractivity contribution in [3.05, 3.63) is 11.4 Å². The van der Waals surface area contributed by atoms with E-state index in [2.05, 4.69) is 17.3 Å². The molecule has 1 amide bonds. The van der Waals surface area contributed by atoms with Gasteiger partial charge in [0.1, 0.15) is 5.69 Å². The summed E-state index contributed by atoms with van der Waals surface area (Å²) < 4.78 is 1.48. The quantitative estimate of drug-likeness (QED) is 0.769. The lowest BCUT2D eigenvalue weighted by molar-refractivity contribution is -0.0110. The first-order valence-corrected chi connectivity index (χ1v) is 7.12. The van der Waals surface area contributed by atoms with E-state index in [1.54, 1.807) is 14.0 Å². The SMILES string of the molecule is Cc1nn(C)c(C(=O)NCC2(O)CCCC(C)C2)c1N. The zero-order valence-corrected chi connectivity index (χ0v) is 12.4. The van der Waals surface area contributed by atoms with Gasteiger partial charge in [0.2, 0.25) is 0 Å². The van der Waals surface area contributed by atoms with Crippen LogP contribution in [-0.4, -0.2) is 32.9 Å². The number of nitrogens with zero attached hydrogens (tertiary/aromatic N) is 2.